The topological polar surface area (TPSA) is 52.5 Å². The van der Waals surface area contributed by atoms with Crippen molar-refractivity contribution in [3.8, 4) is 5.75 Å². The van der Waals surface area contributed by atoms with Gasteiger partial charge in [0.2, 0.25) is 0 Å². The van der Waals surface area contributed by atoms with E-state index in [-0.39, 0.29) is 18.2 Å². The highest BCUT2D eigenvalue weighted by atomic mass is 35.5. The van der Waals surface area contributed by atoms with Crippen LogP contribution in [0.1, 0.15) is 5.56 Å². The molecule has 3 N–H and O–H groups in total. The van der Waals surface area contributed by atoms with E-state index in [0.717, 1.165) is 5.56 Å². The van der Waals surface area contributed by atoms with Crippen molar-refractivity contribution in [3.05, 3.63) is 29.8 Å². The van der Waals surface area contributed by atoms with Gasteiger partial charge in [0.15, 0.2) is 0 Å². The molecule has 0 aliphatic heterocycles. The summed E-state index contributed by atoms with van der Waals surface area (Å²) in [7, 11) is 1.69. The molecular weight excluding hydrogens is 190 g/mol. The summed E-state index contributed by atoms with van der Waals surface area (Å²) in [4.78, 5) is 0. The van der Waals surface area contributed by atoms with Crippen LogP contribution in [-0.2, 0) is 6.42 Å². The molecule has 0 saturated heterocycles. The number of likely N-dealkylation sites (N-methyl/N-ethyl adjacent to an activating group) is 1. The lowest BCUT2D eigenvalue weighted by atomic mass is 10.1. The monoisotopic (exact) mass is 203 g/mol. The molecule has 0 aliphatic carbocycles. The number of hydrogen-bond donors (Lipinski definition) is 3. The number of rotatable bonds is 3. The van der Waals surface area contributed by atoms with E-state index >= 15 is 0 Å². The Labute approximate surface area is 83.8 Å². The fraction of sp³-hybridized carbons (Fsp3) is 0.333. The van der Waals surface area contributed by atoms with Crippen LogP contribution in [0, 0.1) is 0 Å². The van der Waals surface area contributed by atoms with Gasteiger partial charge in [-0.05, 0) is 24.7 Å². The van der Waals surface area contributed by atoms with E-state index in [0.29, 0.717) is 6.42 Å². The molecule has 0 saturated carbocycles. The van der Waals surface area contributed by atoms with Gasteiger partial charge in [-0.25, -0.2) is 0 Å². The first-order chi connectivity index (χ1) is 5.72. The standard InChI is InChI=1S/C9H13NO2.ClH/c1-10-9(12)6-7-3-2-4-8(11)5-7;/h2-5,9-12H,6H2,1H3;1H. The maximum Gasteiger partial charge on any atom is 0.115 e. The summed E-state index contributed by atoms with van der Waals surface area (Å²) in [5, 5.41) is 21.0. The number of phenols is 1. The molecule has 74 valence electrons. The van der Waals surface area contributed by atoms with Gasteiger partial charge in [0.05, 0.1) is 0 Å². The van der Waals surface area contributed by atoms with E-state index in [1.165, 1.54) is 0 Å². The second kappa shape index (κ2) is 5.80. The van der Waals surface area contributed by atoms with Crippen LogP contribution >= 0.6 is 12.4 Å². The van der Waals surface area contributed by atoms with E-state index in [4.69, 9.17) is 5.11 Å². The van der Waals surface area contributed by atoms with Crippen LogP contribution < -0.4 is 5.32 Å². The number of phenolic OH excluding ortho intramolecular Hbond substituents is 1. The summed E-state index contributed by atoms with van der Waals surface area (Å²) in [5.41, 5.74) is 0.914. The number of benzene rings is 1. The SMILES string of the molecule is CNC(O)Cc1cccc(O)c1.Cl. The highest BCUT2D eigenvalue weighted by molar-refractivity contribution is 5.85. The van der Waals surface area contributed by atoms with Crippen LogP contribution in [0.2, 0.25) is 0 Å². The molecule has 0 aromatic heterocycles. The third kappa shape index (κ3) is 4.12. The zero-order chi connectivity index (χ0) is 8.97. The molecule has 3 nitrogen and oxygen atoms in total. The van der Waals surface area contributed by atoms with Crippen molar-refractivity contribution in [2.45, 2.75) is 12.6 Å². The molecule has 0 bridgehead atoms. The average Bonchev–Trinajstić information content (AvgIpc) is 2.04. The Morgan fingerprint density at radius 1 is 1.46 bits per heavy atom. The van der Waals surface area contributed by atoms with E-state index in [1.54, 1.807) is 25.2 Å². The van der Waals surface area contributed by atoms with Crippen molar-refractivity contribution < 1.29 is 10.2 Å². The summed E-state index contributed by atoms with van der Waals surface area (Å²) in [6.45, 7) is 0. The van der Waals surface area contributed by atoms with Crippen molar-refractivity contribution >= 4 is 12.4 Å². The maximum atomic E-state index is 9.21. The number of hydrogen-bond acceptors (Lipinski definition) is 3. The minimum Gasteiger partial charge on any atom is -0.508 e. The van der Waals surface area contributed by atoms with E-state index < -0.39 is 6.23 Å². The van der Waals surface area contributed by atoms with Gasteiger partial charge in [0.25, 0.3) is 0 Å². The summed E-state index contributed by atoms with van der Waals surface area (Å²) < 4.78 is 0. The van der Waals surface area contributed by atoms with Crippen LogP contribution in [0.25, 0.3) is 0 Å². The summed E-state index contributed by atoms with van der Waals surface area (Å²) in [5.74, 6) is 0.232. The van der Waals surface area contributed by atoms with Gasteiger partial charge in [-0.15, -0.1) is 12.4 Å². The maximum absolute atomic E-state index is 9.21. The predicted octanol–water partition coefficient (Wildman–Crippen LogP) is 0.894. The lowest BCUT2D eigenvalue weighted by Crippen LogP contribution is -2.26. The highest BCUT2D eigenvalue weighted by Gasteiger charge is 2.01. The first kappa shape index (κ1) is 12.2. The zero-order valence-corrected chi connectivity index (χ0v) is 8.21. The third-order valence-corrected chi connectivity index (χ3v) is 1.67. The van der Waals surface area contributed by atoms with Crippen molar-refractivity contribution in [1.29, 1.82) is 0 Å². The number of aromatic hydroxyl groups is 1. The van der Waals surface area contributed by atoms with Crippen molar-refractivity contribution in [3.63, 3.8) is 0 Å². The summed E-state index contributed by atoms with van der Waals surface area (Å²) >= 11 is 0. The number of halogens is 1. The molecule has 1 rings (SSSR count). The third-order valence-electron chi connectivity index (χ3n) is 1.67. The fourth-order valence-corrected chi connectivity index (χ4v) is 1.01. The fourth-order valence-electron chi connectivity index (χ4n) is 1.01. The number of aliphatic hydroxyl groups excluding tert-OH is 1. The largest absolute Gasteiger partial charge is 0.508 e. The van der Waals surface area contributed by atoms with Crippen molar-refractivity contribution in [2.24, 2.45) is 0 Å². The smallest absolute Gasteiger partial charge is 0.115 e. The normalized spacial score (nSPS) is 11.8. The van der Waals surface area contributed by atoms with E-state index in [2.05, 4.69) is 5.32 Å². The predicted molar refractivity (Wildman–Crippen MR) is 54.1 cm³/mol. The first-order valence-electron chi connectivity index (χ1n) is 3.85. The molecule has 13 heavy (non-hydrogen) atoms. The molecule has 0 heterocycles. The molecule has 0 radical (unpaired) electrons. The van der Waals surface area contributed by atoms with Gasteiger partial charge in [-0.1, -0.05) is 12.1 Å². The zero-order valence-electron chi connectivity index (χ0n) is 7.40. The molecule has 0 spiro atoms. The molecule has 0 aliphatic rings. The van der Waals surface area contributed by atoms with Crippen LogP contribution in [-0.4, -0.2) is 23.5 Å². The summed E-state index contributed by atoms with van der Waals surface area (Å²) in [6.07, 6.45) is -0.0444. The molecule has 1 unspecified atom stereocenters. The Kier molecular flexibility index (Phi) is 5.46. The molecule has 4 heteroatoms. The Balaban J connectivity index is 0.00000144. The second-order valence-corrected chi connectivity index (χ2v) is 2.68. The van der Waals surface area contributed by atoms with Gasteiger partial charge in [0, 0.05) is 6.42 Å². The van der Waals surface area contributed by atoms with Gasteiger partial charge >= 0.3 is 0 Å². The molecule has 1 aromatic carbocycles. The number of aliphatic hydroxyl groups is 1. The Bertz CT molecular complexity index is 255. The minimum absolute atomic E-state index is 0. The Hall–Kier alpha value is -0.770. The van der Waals surface area contributed by atoms with Crippen molar-refractivity contribution in [2.75, 3.05) is 7.05 Å². The van der Waals surface area contributed by atoms with Gasteiger partial charge < -0.3 is 10.2 Å². The lowest BCUT2D eigenvalue weighted by molar-refractivity contribution is 0.147. The molecule has 0 fully saturated rings. The minimum atomic E-state index is -0.549. The molecule has 1 aromatic rings. The van der Waals surface area contributed by atoms with E-state index in [9.17, 15) is 5.11 Å². The van der Waals surface area contributed by atoms with Crippen LogP contribution in [0.4, 0.5) is 0 Å². The van der Waals surface area contributed by atoms with E-state index in [1.807, 2.05) is 6.07 Å². The Morgan fingerprint density at radius 2 is 2.15 bits per heavy atom. The van der Waals surface area contributed by atoms with Crippen LogP contribution in [0.5, 0.6) is 5.75 Å². The quantitative estimate of drug-likeness (QED) is 0.640. The highest BCUT2D eigenvalue weighted by Crippen LogP contribution is 2.11. The van der Waals surface area contributed by atoms with Gasteiger partial charge in [-0.2, -0.15) is 0 Å². The average molecular weight is 204 g/mol. The van der Waals surface area contributed by atoms with Gasteiger partial charge in [0.1, 0.15) is 12.0 Å². The molecule has 0 amide bonds. The van der Waals surface area contributed by atoms with Crippen LogP contribution in [0.15, 0.2) is 24.3 Å². The second-order valence-electron chi connectivity index (χ2n) is 2.68. The van der Waals surface area contributed by atoms with Crippen LogP contribution in [0.3, 0.4) is 0 Å². The van der Waals surface area contributed by atoms with Crippen molar-refractivity contribution in [1.82, 2.24) is 5.32 Å². The van der Waals surface area contributed by atoms with Gasteiger partial charge in [-0.3, -0.25) is 5.32 Å². The number of nitrogens with one attached hydrogen (secondary N) is 1. The Morgan fingerprint density at radius 3 is 2.69 bits per heavy atom. The summed E-state index contributed by atoms with van der Waals surface area (Å²) in [6, 6.07) is 6.86. The lowest BCUT2D eigenvalue weighted by Gasteiger charge is -2.08. The molecule has 1 atom stereocenters. The first-order valence-corrected chi connectivity index (χ1v) is 3.85. The molecular formula is C9H14ClNO2.